The smallest absolute Gasteiger partial charge is 0.407 e. The molecule has 8 nitrogen and oxygen atoms in total. The summed E-state index contributed by atoms with van der Waals surface area (Å²) in [7, 11) is 0. The molecule has 2 amide bonds. The molecule has 0 bridgehead atoms. The Morgan fingerprint density at radius 1 is 0.943 bits per heavy atom. The Kier molecular flexibility index (Phi) is 14.5. The molecule has 8 heteroatoms. The fourth-order valence-electron chi connectivity index (χ4n) is 3.41. The van der Waals surface area contributed by atoms with E-state index < -0.39 is 17.6 Å². The summed E-state index contributed by atoms with van der Waals surface area (Å²) < 4.78 is 11.0. The normalized spacial score (nSPS) is 12.0. The molecule has 1 aromatic rings. The minimum absolute atomic E-state index is 0.214. The highest BCUT2D eigenvalue weighted by molar-refractivity contribution is 5.83. The maximum Gasteiger partial charge on any atom is 0.407 e. The van der Waals surface area contributed by atoms with Gasteiger partial charge in [-0.25, -0.2) is 9.59 Å². The molecule has 1 atom stereocenters. The van der Waals surface area contributed by atoms with Gasteiger partial charge in [0.05, 0.1) is 6.61 Å². The van der Waals surface area contributed by atoms with E-state index in [2.05, 4.69) is 17.6 Å². The molecular formula is C27H44N2O6. The first kappa shape index (κ1) is 30.3. The molecule has 0 aliphatic rings. The van der Waals surface area contributed by atoms with Crippen LogP contribution in [0.25, 0.3) is 0 Å². The van der Waals surface area contributed by atoms with Crippen molar-refractivity contribution in [3.05, 3.63) is 29.8 Å². The van der Waals surface area contributed by atoms with Crippen LogP contribution in [0.1, 0.15) is 91.0 Å². The van der Waals surface area contributed by atoms with E-state index in [0.29, 0.717) is 19.6 Å². The predicted octanol–water partition coefficient (Wildman–Crippen LogP) is 5.23. The molecular weight excluding hydrogens is 448 g/mol. The molecule has 198 valence electrons. The average molecular weight is 493 g/mol. The van der Waals surface area contributed by atoms with E-state index in [1.165, 1.54) is 0 Å². The second kappa shape index (κ2) is 16.8. The molecule has 0 aromatic heterocycles. The van der Waals surface area contributed by atoms with Crippen molar-refractivity contribution >= 4 is 18.0 Å². The molecule has 1 unspecified atom stereocenters. The number of benzene rings is 1. The highest BCUT2D eigenvalue weighted by Gasteiger charge is 2.20. The van der Waals surface area contributed by atoms with Gasteiger partial charge < -0.3 is 25.2 Å². The van der Waals surface area contributed by atoms with Crippen molar-refractivity contribution in [3.63, 3.8) is 0 Å². The van der Waals surface area contributed by atoms with Crippen LogP contribution in [0, 0.1) is 0 Å². The highest BCUT2D eigenvalue weighted by Crippen LogP contribution is 2.15. The lowest BCUT2D eigenvalue weighted by Gasteiger charge is -2.19. The molecule has 1 aromatic carbocycles. The van der Waals surface area contributed by atoms with E-state index in [1.807, 2.05) is 45.0 Å². The number of amides is 2. The first-order valence-electron chi connectivity index (χ1n) is 12.8. The zero-order valence-electron chi connectivity index (χ0n) is 21.9. The molecule has 1 rings (SSSR count). The lowest BCUT2D eigenvalue weighted by molar-refractivity contribution is -0.141. The Labute approximate surface area is 210 Å². The van der Waals surface area contributed by atoms with Gasteiger partial charge in [-0.05, 0) is 57.7 Å². The third-order valence-electron chi connectivity index (χ3n) is 5.26. The van der Waals surface area contributed by atoms with Crippen molar-refractivity contribution in [1.82, 2.24) is 10.6 Å². The fraction of sp³-hybridized carbons (Fsp3) is 0.667. The summed E-state index contributed by atoms with van der Waals surface area (Å²) >= 11 is 0. The summed E-state index contributed by atoms with van der Waals surface area (Å²) in [4.78, 5) is 35.2. The van der Waals surface area contributed by atoms with Gasteiger partial charge in [-0.2, -0.15) is 0 Å². The molecule has 0 heterocycles. The molecule has 0 aliphatic heterocycles. The Morgan fingerprint density at radius 2 is 1.60 bits per heavy atom. The van der Waals surface area contributed by atoms with Gasteiger partial charge in [0, 0.05) is 19.4 Å². The van der Waals surface area contributed by atoms with Gasteiger partial charge in [-0.3, -0.25) is 4.79 Å². The van der Waals surface area contributed by atoms with Crippen molar-refractivity contribution in [2.75, 3.05) is 13.2 Å². The van der Waals surface area contributed by atoms with Gasteiger partial charge in [-0.15, -0.1) is 0 Å². The number of hydrogen-bond donors (Lipinski definition) is 3. The maximum atomic E-state index is 12.1. The first-order chi connectivity index (χ1) is 16.6. The maximum absolute atomic E-state index is 12.1. The van der Waals surface area contributed by atoms with Crippen LogP contribution in [0.15, 0.2) is 24.3 Å². The summed E-state index contributed by atoms with van der Waals surface area (Å²) in [5.41, 5.74) is 0.342. The van der Waals surface area contributed by atoms with Gasteiger partial charge in [0.1, 0.15) is 17.4 Å². The lowest BCUT2D eigenvalue weighted by atomic mass is 10.1. The summed E-state index contributed by atoms with van der Waals surface area (Å²) in [5, 5.41) is 14.9. The van der Waals surface area contributed by atoms with Crippen LogP contribution in [0.4, 0.5) is 4.79 Å². The average Bonchev–Trinajstić information content (AvgIpc) is 2.78. The second-order valence-electron chi connectivity index (χ2n) is 9.81. The van der Waals surface area contributed by atoms with Crippen LogP contribution in [0.2, 0.25) is 0 Å². The lowest BCUT2D eigenvalue weighted by Crippen LogP contribution is -2.42. The number of aliphatic carboxylic acids is 1. The third-order valence-corrected chi connectivity index (χ3v) is 5.26. The van der Waals surface area contributed by atoms with Gasteiger partial charge in [0.25, 0.3) is 0 Å². The van der Waals surface area contributed by atoms with Crippen LogP contribution >= 0.6 is 0 Å². The van der Waals surface area contributed by atoms with Gasteiger partial charge in [0.15, 0.2) is 0 Å². The Balaban J connectivity index is 2.24. The molecule has 0 aliphatic carbocycles. The number of rotatable bonds is 17. The van der Waals surface area contributed by atoms with Gasteiger partial charge >= 0.3 is 12.1 Å². The van der Waals surface area contributed by atoms with E-state index in [0.717, 1.165) is 62.7 Å². The summed E-state index contributed by atoms with van der Waals surface area (Å²) in [6.45, 7) is 8.79. The number of alkyl carbamates (subject to hydrolysis) is 1. The minimum atomic E-state index is -1.03. The van der Waals surface area contributed by atoms with Gasteiger partial charge in [0.2, 0.25) is 5.91 Å². The molecule has 0 spiro atoms. The first-order valence-corrected chi connectivity index (χ1v) is 12.8. The number of unbranched alkanes of at least 4 members (excludes halogenated alkanes) is 6. The quantitative estimate of drug-likeness (QED) is 0.257. The summed E-state index contributed by atoms with van der Waals surface area (Å²) in [6, 6.07) is 6.38. The molecule has 35 heavy (non-hydrogen) atoms. The number of carboxylic acid groups (broad SMARTS) is 1. The van der Waals surface area contributed by atoms with Crippen LogP contribution < -0.4 is 15.4 Å². The number of nitrogens with one attached hydrogen (secondary N) is 2. The topological polar surface area (TPSA) is 114 Å². The van der Waals surface area contributed by atoms with Crippen molar-refractivity contribution < 1.29 is 29.0 Å². The molecule has 0 saturated carbocycles. The molecule has 0 saturated heterocycles. The number of carboxylic acids is 1. The predicted molar refractivity (Wildman–Crippen MR) is 137 cm³/mol. The van der Waals surface area contributed by atoms with E-state index in [1.54, 1.807) is 0 Å². The largest absolute Gasteiger partial charge is 0.494 e. The Bertz CT molecular complexity index is 758. The zero-order valence-corrected chi connectivity index (χ0v) is 21.9. The number of carbonyl (C=O) groups is 3. The van der Waals surface area contributed by atoms with Crippen molar-refractivity contribution in [3.8, 4) is 5.75 Å². The van der Waals surface area contributed by atoms with Crippen molar-refractivity contribution in [2.45, 2.75) is 104 Å². The SMILES string of the molecule is CCCCCCC(=O)NC(Cc1ccc(OCCCCCCNC(=O)OC(C)(C)C)cc1)C(=O)O. The fourth-order valence-corrected chi connectivity index (χ4v) is 3.41. The van der Waals surface area contributed by atoms with Crippen LogP contribution in [0.3, 0.4) is 0 Å². The molecule has 0 fully saturated rings. The minimum Gasteiger partial charge on any atom is -0.494 e. The standard InChI is InChI=1S/C27H44N2O6/c1-5-6-7-10-13-24(30)29-23(25(31)32)20-21-14-16-22(17-15-21)34-19-12-9-8-11-18-28-26(33)35-27(2,3)4/h14-17,23H,5-13,18-20H2,1-4H3,(H,28,33)(H,29,30)(H,31,32). The summed E-state index contributed by atoms with van der Waals surface area (Å²) in [6.07, 6.45) is 7.90. The Morgan fingerprint density at radius 3 is 2.23 bits per heavy atom. The van der Waals surface area contributed by atoms with Crippen LogP contribution in [-0.2, 0) is 20.7 Å². The number of ether oxygens (including phenoxy) is 2. The zero-order chi connectivity index (χ0) is 26.1. The highest BCUT2D eigenvalue weighted by atomic mass is 16.6. The molecule has 3 N–H and O–H groups in total. The summed E-state index contributed by atoms with van der Waals surface area (Å²) in [5.74, 6) is -0.519. The number of hydrogen-bond acceptors (Lipinski definition) is 5. The second-order valence-corrected chi connectivity index (χ2v) is 9.81. The van der Waals surface area contributed by atoms with E-state index in [4.69, 9.17) is 9.47 Å². The number of carbonyl (C=O) groups excluding carboxylic acids is 2. The Hall–Kier alpha value is -2.77. The van der Waals surface area contributed by atoms with Gasteiger partial charge in [-0.1, -0.05) is 51.2 Å². The van der Waals surface area contributed by atoms with Crippen molar-refractivity contribution in [1.29, 1.82) is 0 Å². The van der Waals surface area contributed by atoms with E-state index in [9.17, 15) is 19.5 Å². The molecule has 0 radical (unpaired) electrons. The van der Waals surface area contributed by atoms with E-state index in [-0.39, 0.29) is 18.4 Å². The van der Waals surface area contributed by atoms with Crippen molar-refractivity contribution in [2.24, 2.45) is 0 Å². The van der Waals surface area contributed by atoms with E-state index >= 15 is 0 Å². The van der Waals surface area contributed by atoms with Crippen LogP contribution in [0.5, 0.6) is 5.75 Å². The van der Waals surface area contributed by atoms with Crippen LogP contribution in [-0.4, -0.2) is 47.9 Å². The monoisotopic (exact) mass is 492 g/mol. The third kappa shape index (κ3) is 15.7.